The summed E-state index contributed by atoms with van der Waals surface area (Å²) in [4.78, 5) is 13.8. The van der Waals surface area contributed by atoms with Gasteiger partial charge in [-0.3, -0.25) is 0 Å². The molecular formula is C26H35ClN8. The number of halogens is 1. The lowest BCUT2D eigenvalue weighted by molar-refractivity contribution is 0.301. The summed E-state index contributed by atoms with van der Waals surface area (Å²) in [6, 6.07) is 2.45. The van der Waals surface area contributed by atoms with E-state index >= 15 is 0 Å². The first kappa shape index (κ1) is 23.7. The van der Waals surface area contributed by atoms with Crippen LogP contribution in [-0.4, -0.2) is 44.0 Å². The lowest BCUT2D eigenvalue weighted by Gasteiger charge is -2.50. The van der Waals surface area contributed by atoms with Gasteiger partial charge < -0.3 is 20.9 Å². The van der Waals surface area contributed by atoms with Crippen molar-refractivity contribution in [3.05, 3.63) is 47.4 Å². The number of hydrogen-bond acceptors (Lipinski definition) is 7. The molecule has 0 bridgehead atoms. The maximum Gasteiger partial charge on any atom is 0.222 e. The van der Waals surface area contributed by atoms with Crippen LogP contribution in [0, 0.1) is 5.92 Å². The van der Waals surface area contributed by atoms with Crippen molar-refractivity contribution in [2.24, 2.45) is 11.0 Å². The zero-order valence-electron chi connectivity index (χ0n) is 20.9. The normalized spacial score (nSPS) is 21.9. The molecule has 0 aliphatic carbocycles. The van der Waals surface area contributed by atoms with Crippen LogP contribution in [-0.2, 0) is 6.54 Å². The van der Waals surface area contributed by atoms with E-state index in [4.69, 9.17) is 22.4 Å². The molecule has 2 aromatic heterocycles. The Morgan fingerprint density at radius 3 is 2.80 bits per heavy atom. The van der Waals surface area contributed by atoms with Crippen molar-refractivity contribution in [1.29, 1.82) is 0 Å². The molecule has 5 heterocycles. The first-order chi connectivity index (χ1) is 16.8. The molecule has 0 aromatic carbocycles. The summed E-state index contributed by atoms with van der Waals surface area (Å²) in [6.07, 6.45) is 7.12. The molecule has 0 saturated carbocycles. The fourth-order valence-electron chi connectivity index (χ4n) is 5.64. The molecule has 0 amide bonds. The van der Waals surface area contributed by atoms with Crippen LogP contribution in [0.25, 0.3) is 11.4 Å². The maximum absolute atomic E-state index is 6.54. The Kier molecular flexibility index (Phi) is 6.25. The van der Waals surface area contributed by atoms with Crippen molar-refractivity contribution < 1.29 is 0 Å². The second-order valence-electron chi connectivity index (χ2n) is 9.85. The van der Waals surface area contributed by atoms with Gasteiger partial charge >= 0.3 is 0 Å². The Morgan fingerprint density at radius 1 is 1.29 bits per heavy atom. The van der Waals surface area contributed by atoms with Crippen LogP contribution in [0.4, 0.5) is 11.8 Å². The lowest BCUT2D eigenvalue weighted by Crippen LogP contribution is -2.58. The molecule has 1 saturated heterocycles. The first-order valence-corrected chi connectivity index (χ1v) is 13.0. The Hall–Kier alpha value is -3.00. The van der Waals surface area contributed by atoms with Gasteiger partial charge in [0.1, 0.15) is 17.3 Å². The number of hydrogen-bond donors (Lipinski definition) is 2. The average Bonchev–Trinajstić information content (AvgIpc) is 3.39. The maximum atomic E-state index is 6.54. The predicted molar refractivity (Wildman–Crippen MR) is 144 cm³/mol. The third kappa shape index (κ3) is 3.97. The highest BCUT2D eigenvalue weighted by molar-refractivity contribution is 6.32. The Morgan fingerprint density at radius 2 is 2.09 bits per heavy atom. The minimum Gasteiger partial charge on any atom is -0.379 e. The molecule has 3 N–H and O–H groups in total. The zero-order valence-corrected chi connectivity index (χ0v) is 21.6. The molecule has 3 aliphatic heterocycles. The van der Waals surface area contributed by atoms with E-state index in [1.807, 2.05) is 16.9 Å². The Labute approximate surface area is 212 Å². The molecular weight excluding hydrogens is 460 g/mol. The van der Waals surface area contributed by atoms with Crippen molar-refractivity contribution >= 4 is 40.6 Å². The number of nitrogens with two attached hydrogens (primary N) is 1. The molecule has 0 radical (unpaired) electrons. The number of rotatable bonds is 8. The van der Waals surface area contributed by atoms with E-state index in [0.29, 0.717) is 29.5 Å². The highest BCUT2D eigenvalue weighted by Crippen LogP contribution is 2.41. The van der Waals surface area contributed by atoms with Gasteiger partial charge in [0, 0.05) is 36.9 Å². The molecule has 2 aromatic rings. The smallest absolute Gasteiger partial charge is 0.222 e. The largest absolute Gasteiger partial charge is 0.379 e. The number of nitrogens with zero attached hydrogens (tertiary/aromatic N) is 6. The molecule has 2 unspecified atom stereocenters. The van der Waals surface area contributed by atoms with Crippen LogP contribution in [0.1, 0.15) is 69.8 Å². The molecule has 0 spiro atoms. The predicted octanol–water partition coefficient (Wildman–Crippen LogP) is 4.92. The number of nitrogens with one attached hydrogen (secondary N) is 1. The van der Waals surface area contributed by atoms with Crippen LogP contribution in [0.2, 0.25) is 5.02 Å². The molecule has 8 nitrogen and oxygen atoms in total. The van der Waals surface area contributed by atoms with E-state index in [2.05, 4.69) is 59.0 Å². The molecule has 9 heteroatoms. The summed E-state index contributed by atoms with van der Waals surface area (Å²) in [5.74, 6) is 2.67. The van der Waals surface area contributed by atoms with E-state index in [0.717, 1.165) is 78.6 Å². The summed E-state index contributed by atoms with van der Waals surface area (Å²) < 4.78 is 1.88. The van der Waals surface area contributed by atoms with Crippen molar-refractivity contribution in [1.82, 2.24) is 24.9 Å². The van der Waals surface area contributed by atoms with Gasteiger partial charge in [-0.1, -0.05) is 58.4 Å². The van der Waals surface area contributed by atoms with Crippen molar-refractivity contribution in [2.75, 3.05) is 17.2 Å². The summed E-state index contributed by atoms with van der Waals surface area (Å²) in [6.45, 7) is 17.0. The van der Waals surface area contributed by atoms with E-state index in [1.165, 1.54) is 0 Å². The van der Waals surface area contributed by atoms with Gasteiger partial charge in [0.2, 0.25) is 5.95 Å². The van der Waals surface area contributed by atoms with Gasteiger partial charge in [0.25, 0.3) is 0 Å². The minimum atomic E-state index is 0.229. The Balaban J connectivity index is 1.50. The summed E-state index contributed by atoms with van der Waals surface area (Å²) in [5.41, 5.74) is 10.7. The van der Waals surface area contributed by atoms with Gasteiger partial charge in [-0.15, -0.1) is 0 Å². The van der Waals surface area contributed by atoms with Gasteiger partial charge in [0.15, 0.2) is 0 Å². The second kappa shape index (κ2) is 9.22. The molecule has 3 atom stereocenters. The fraction of sp³-hybridized carbons (Fsp3) is 0.500. The average molecular weight is 495 g/mol. The third-order valence-electron chi connectivity index (χ3n) is 7.57. The van der Waals surface area contributed by atoms with Crippen LogP contribution in [0.3, 0.4) is 0 Å². The first-order valence-electron chi connectivity index (χ1n) is 12.6. The van der Waals surface area contributed by atoms with Gasteiger partial charge in [0.05, 0.1) is 28.5 Å². The van der Waals surface area contributed by atoms with E-state index in [1.54, 1.807) is 0 Å². The number of fused-ring (bicyclic) bond motifs is 2. The highest BCUT2D eigenvalue weighted by Gasteiger charge is 2.42. The molecule has 186 valence electrons. The molecule has 1 fully saturated rings. The zero-order chi connectivity index (χ0) is 24.9. The van der Waals surface area contributed by atoms with E-state index in [-0.39, 0.29) is 6.04 Å². The molecule has 35 heavy (non-hydrogen) atoms. The van der Waals surface area contributed by atoms with Crippen molar-refractivity contribution in [2.45, 2.75) is 71.5 Å². The third-order valence-corrected chi connectivity index (χ3v) is 7.87. The monoisotopic (exact) mass is 494 g/mol. The summed E-state index contributed by atoms with van der Waals surface area (Å²) >= 11 is 6.54. The molecule has 3 aliphatic rings. The quantitative estimate of drug-likeness (QED) is 0.541. The highest BCUT2D eigenvalue weighted by atomic mass is 35.5. The van der Waals surface area contributed by atoms with Crippen LogP contribution < -0.4 is 16.0 Å². The van der Waals surface area contributed by atoms with Crippen LogP contribution in [0.15, 0.2) is 30.5 Å². The lowest BCUT2D eigenvalue weighted by atomic mass is 9.86. The van der Waals surface area contributed by atoms with Gasteiger partial charge in [-0.05, 0) is 24.8 Å². The number of anilines is 2. The van der Waals surface area contributed by atoms with Gasteiger partial charge in [-0.2, -0.15) is 10.1 Å². The second-order valence-corrected chi connectivity index (χ2v) is 10.3. The minimum absolute atomic E-state index is 0.229. The van der Waals surface area contributed by atoms with Crippen molar-refractivity contribution in [3.8, 4) is 0 Å². The standard InChI is InChI=1S/C26H35ClN8/c1-6-8-9-18(7-2)35-17(5)24-19(27)10-11-34(24)32-22(35)12-21-15(3)14-33(21)25-23-16(4)29-13-20(23)30-26(28)31-25/h10-11,15,18,21,29H,4-9,12-14H2,1-3H3,(H2,28,30,31)/t15-,18?,21?/m0/s1. The number of aromatic nitrogens is 3. The van der Waals surface area contributed by atoms with E-state index in [9.17, 15) is 0 Å². The topological polar surface area (TPSA) is 87.6 Å². The van der Waals surface area contributed by atoms with Crippen molar-refractivity contribution in [3.63, 3.8) is 0 Å². The van der Waals surface area contributed by atoms with Crippen LogP contribution in [0.5, 0.6) is 0 Å². The van der Waals surface area contributed by atoms with E-state index < -0.39 is 0 Å². The fourth-order valence-corrected chi connectivity index (χ4v) is 5.89. The molecule has 5 rings (SSSR count). The number of amidine groups is 1. The van der Waals surface area contributed by atoms with Gasteiger partial charge in [-0.25, -0.2) is 9.66 Å². The van der Waals surface area contributed by atoms with Crippen LogP contribution >= 0.6 is 11.6 Å². The Bertz CT molecular complexity index is 1200. The SMILES string of the molecule is C=C1NCc2nc(N)nc(N3C[C@H](C)C3CC3=Nn4ccc(Cl)c4C(=C)N3C(CC)CCCC)c21. The number of unbranched alkanes of at least 4 members (excludes halogenated alkanes) is 1. The number of nitrogen functional groups attached to an aromatic ring is 1. The summed E-state index contributed by atoms with van der Waals surface area (Å²) in [7, 11) is 0. The summed E-state index contributed by atoms with van der Waals surface area (Å²) in [5, 5.41) is 9.04.